The van der Waals surface area contributed by atoms with Gasteiger partial charge in [0, 0.05) is 126 Å². The Bertz CT molecular complexity index is 295. The predicted molar refractivity (Wildman–Crippen MR) is 36.8 cm³/mol. The van der Waals surface area contributed by atoms with Gasteiger partial charge in [0.15, 0.2) is 0 Å². The first kappa shape index (κ1) is 43.5. The number of ether oxygens (including phenoxy) is 1. The number of hydrogen-bond acceptors (Lipinski definition) is 4. The molecule has 0 aromatic heterocycles. The third-order valence-corrected chi connectivity index (χ3v) is 2.80. The van der Waals surface area contributed by atoms with E-state index in [4.69, 9.17) is 0 Å². The predicted octanol–water partition coefficient (Wildman–Crippen LogP) is 1.45. The van der Waals surface area contributed by atoms with Crippen molar-refractivity contribution in [2.75, 3.05) is 0 Å². The molecule has 106 valence electrons. The molecule has 0 aliphatic rings. The van der Waals surface area contributed by atoms with E-state index >= 15 is 0 Å². The molecular weight excluding hydrogens is 1610 g/mol. The van der Waals surface area contributed by atoms with Crippen molar-refractivity contribution in [3.05, 3.63) is 23.2 Å². The van der Waals surface area contributed by atoms with Crippen LogP contribution in [-0.4, -0.2) is 6.47 Å². The summed E-state index contributed by atoms with van der Waals surface area (Å²) < 4.78 is 12.6. The van der Waals surface area contributed by atoms with Crippen LogP contribution < -0.4 is 0 Å². The van der Waals surface area contributed by atoms with E-state index in [1.807, 2.05) is 0 Å². The first-order chi connectivity index (χ1) is 6.21. The van der Waals surface area contributed by atoms with E-state index in [0.717, 1.165) is 45.0 Å². The molecule has 0 unspecified atom stereocenters. The summed E-state index contributed by atoms with van der Waals surface area (Å²) in [4.78, 5) is 10.0. The molecule has 0 atom stereocenters. The van der Waals surface area contributed by atoms with Crippen LogP contribution in [0.2, 0.25) is 0 Å². The Morgan fingerprint density at radius 3 is 1.63 bits per heavy atom. The van der Waals surface area contributed by atoms with E-state index in [1.54, 1.807) is 13.8 Å². The monoisotopic (exact) mass is 1620 g/mol. The Hall–Kier alpha value is 4.06. The minimum absolute atomic E-state index is 0. The average Bonchev–Trinajstić information content (AvgIpc) is 2.17. The number of hydrogen-bond donors (Lipinski definition) is 0. The normalized spacial score (nSPS) is 8.84. The smallest absolute Gasteiger partial charge is 0 e. The molecule has 0 aromatic rings. The maximum atomic E-state index is 10.0. The van der Waals surface area contributed by atoms with E-state index in [1.165, 1.54) is 6.47 Å². The minimum Gasteiger partial charge on any atom is 0 e. The molecule has 0 aliphatic carbocycles. The molecule has 0 heterocycles. The summed E-state index contributed by atoms with van der Waals surface area (Å²) in [6.45, 7) is 4.79. The Labute approximate surface area is 221 Å². The van der Waals surface area contributed by atoms with Crippen LogP contribution in [0.1, 0.15) is 13.8 Å². The second-order valence-corrected chi connectivity index (χ2v) is 3.19. The standard InChI is InChI=1S/C7H6N2O2.8W/c1-3-6(11-4-10)7(9)5(2)8;;;;;;;;/h1-2H3;;;;;;;;/q-2;;;;;;;;. The Balaban J connectivity index is -0.0000000480. The minimum atomic E-state index is 0. The summed E-state index contributed by atoms with van der Waals surface area (Å²) in [7, 11) is 0. The molecule has 0 saturated heterocycles. The zero-order valence-electron chi connectivity index (χ0n) is 9.48. The van der Waals surface area contributed by atoms with Crippen LogP contribution in [0.15, 0.2) is 24.1 Å². The van der Waals surface area contributed by atoms with Crippen molar-refractivity contribution in [3.63, 3.8) is 0 Å². The van der Waals surface area contributed by atoms with Gasteiger partial charge in [-0.15, -0.1) is 0 Å². The molecule has 4 nitrogen and oxygen atoms in total. The molecule has 0 saturated carbocycles. The van der Waals surface area contributed by atoms with Crippen LogP contribution in [0.4, 0.5) is 0 Å². The third-order valence-electron chi connectivity index (χ3n) is 1.16. The van der Waals surface area contributed by atoms with E-state index < -0.39 is 0 Å². The van der Waals surface area contributed by atoms with Crippen molar-refractivity contribution in [2.45, 2.75) is 13.8 Å². The van der Waals surface area contributed by atoms with Gasteiger partial charge in [-0.1, -0.05) is 0 Å². The zero-order valence-corrected chi connectivity index (χ0v) is 32.9. The topological polar surface area (TPSA) is 51.0 Å². The van der Waals surface area contributed by atoms with Crippen molar-refractivity contribution in [3.8, 4) is 0 Å². The van der Waals surface area contributed by atoms with Gasteiger partial charge in [0.2, 0.25) is 0 Å². The second kappa shape index (κ2) is 30.0. The fraction of sp³-hybridized carbons (Fsp3) is 0.286. The fourth-order valence-electron chi connectivity index (χ4n) is 0.574. The summed E-state index contributed by atoms with van der Waals surface area (Å²) in [5.74, 6) is 0.285. The zero-order chi connectivity index (χ0) is 10.3. The molecule has 0 N–H and O–H groups in total. The SMILES string of the molecule is C[C-]=C(O[C-]=O)C([N]=[W])=C(C)[N]=[W].[W].[W].[W].[W].[W].[W]. The number of rotatable bonds is 5. The molecule has 0 spiro atoms. The maximum Gasteiger partial charge on any atom is 0 e. The van der Waals surface area contributed by atoms with Gasteiger partial charge < -0.3 is 0 Å². The van der Waals surface area contributed by atoms with Gasteiger partial charge in [-0.2, -0.15) is 0 Å². The van der Waals surface area contributed by atoms with Crippen LogP contribution in [0, 0.1) is 6.08 Å². The van der Waals surface area contributed by atoms with Crippen molar-refractivity contribution in [2.24, 2.45) is 6.99 Å². The quantitative estimate of drug-likeness (QED) is 0.238. The van der Waals surface area contributed by atoms with Crippen molar-refractivity contribution in [1.29, 1.82) is 0 Å². The third kappa shape index (κ3) is 20.0. The first-order valence-electron chi connectivity index (χ1n) is 3.17. The van der Waals surface area contributed by atoms with Gasteiger partial charge in [0.1, 0.15) is 0 Å². The van der Waals surface area contributed by atoms with Crippen LogP contribution in [0.25, 0.3) is 0 Å². The van der Waals surface area contributed by atoms with Crippen molar-refractivity contribution < 1.29 is 175 Å². The largest absolute Gasteiger partial charge is 0 e. The van der Waals surface area contributed by atoms with Crippen LogP contribution >= 0.6 is 0 Å². The molecule has 0 aliphatic heterocycles. The van der Waals surface area contributed by atoms with Gasteiger partial charge in [0.25, 0.3) is 0 Å². The van der Waals surface area contributed by atoms with Crippen LogP contribution in [0.3, 0.4) is 0 Å². The molecule has 12 heteroatoms. The molecule has 0 aromatic carbocycles. The average molecular weight is 1620 g/mol. The summed E-state index contributed by atoms with van der Waals surface area (Å²) >= 11 is 2.10. The molecule has 0 rings (SSSR count). The molecule has 0 fully saturated rings. The van der Waals surface area contributed by atoms with Gasteiger partial charge in [-0.05, 0) is 0 Å². The number of nitrogens with zero attached hydrogens (tertiary/aromatic N) is 2. The summed E-state index contributed by atoms with van der Waals surface area (Å²) in [6.07, 6.45) is 2.71. The summed E-state index contributed by atoms with van der Waals surface area (Å²) in [6, 6.07) is 0. The van der Waals surface area contributed by atoms with Gasteiger partial charge >= 0.3 is 99.3 Å². The van der Waals surface area contributed by atoms with E-state index in [9.17, 15) is 4.79 Å². The van der Waals surface area contributed by atoms with Gasteiger partial charge in [-0.3, -0.25) is 0 Å². The summed E-state index contributed by atoms with van der Waals surface area (Å²) in [5.41, 5.74) is 1.31. The fourth-order valence-corrected chi connectivity index (χ4v) is 1.66. The van der Waals surface area contributed by atoms with Gasteiger partial charge in [0.05, 0.1) is 0 Å². The van der Waals surface area contributed by atoms with Crippen LogP contribution in [0.5, 0.6) is 0 Å². The maximum absolute atomic E-state index is 10.0. The Morgan fingerprint density at radius 1 is 1.00 bits per heavy atom. The molecule has 0 bridgehead atoms. The number of allylic oxidation sites excluding steroid dienone is 2. The van der Waals surface area contributed by atoms with E-state index in [0.29, 0.717) is 5.70 Å². The van der Waals surface area contributed by atoms with Crippen molar-refractivity contribution in [1.82, 2.24) is 0 Å². The first-order valence-corrected chi connectivity index (χ1v) is 5.80. The second-order valence-electron chi connectivity index (χ2n) is 1.88. The van der Waals surface area contributed by atoms with Gasteiger partial charge in [-0.25, -0.2) is 0 Å². The molecule has 19 heavy (non-hydrogen) atoms. The Kier molecular flexibility index (Phi) is 68.7. The van der Waals surface area contributed by atoms with Crippen molar-refractivity contribution >= 4 is 6.47 Å². The molecule has 0 radical (unpaired) electrons. The summed E-state index contributed by atoms with van der Waals surface area (Å²) in [5, 5.41) is 0. The molecular formula is C7H6N2O2W8-2. The van der Waals surface area contributed by atoms with E-state index in [2.05, 4.69) is 17.8 Å². The molecule has 0 amide bonds. The van der Waals surface area contributed by atoms with Crippen LogP contribution in [-0.2, 0) is 175 Å². The number of carbonyl (C=O) groups excluding carboxylic acids is 1. The Morgan fingerprint density at radius 2 is 1.42 bits per heavy atom. The van der Waals surface area contributed by atoms with E-state index in [-0.39, 0.29) is 132 Å².